The van der Waals surface area contributed by atoms with Gasteiger partial charge in [-0.2, -0.15) is 0 Å². The Kier molecular flexibility index (Phi) is 4.76. The van der Waals surface area contributed by atoms with Crippen molar-refractivity contribution in [3.8, 4) is 0 Å². The zero-order valence-corrected chi connectivity index (χ0v) is 18.5. The summed E-state index contributed by atoms with van der Waals surface area (Å²) in [7, 11) is 0. The fourth-order valence-corrected chi connectivity index (χ4v) is 9.06. The highest BCUT2D eigenvalue weighted by Gasteiger charge is 2.71. The summed E-state index contributed by atoms with van der Waals surface area (Å²) in [6.07, 6.45) is 3.86. The lowest BCUT2D eigenvalue weighted by Gasteiger charge is -2.60. The Morgan fingerprint density at radius 1 is 1.18 bits per heavy atom. The molecule has 0 aromatic carbocycles. The molecule has 6 heteroatoms. The van der Waals surface area contributed by atoms with Crippen molar-refractivity contribution in [2.24, 2.45) is 40.4 Å². The highest BCUT2D eigenvalue weighted by atomic mass is 79.9. The Morgan fingerprint density at radius 3 is 2.50 bits per heavy atom. The molecule has 0 bridgehead atoms. The monoisotopic (exact) mass is 454 g/mol. The van der Waals surface area contributed by atoms with Crippen LogP contribution >= 0.6 is 15.9 Å². The van der Waals surface area contributed by atoms with Gasteiger partial charge in [0.15, 0.2) is 5.78 Å². The van der Waals surface area contributed by atoms with Crippen LogP contribution in [0.1, 0.15) is 59.3 Å². The number of ketones is 3. The number of carbonyl (C=O) groups excluding carboxylic acids is 3. The number of halogens is 1. The molecule has 9 atom stereocenters. The van der Waals surface area contributed by atoms with Crippen LogP contribution in [0.4, 0.5) is 0 Å². The lowest BCUT2D eigenvalue weighted by molar-refractivity contribution is -0.181. The Morgan fingerprint density at radius 2 is 1.86 bits per heavy atom. The van der Waals surface area contributed by atoms with Gasteiger partial charge >= 0.3 is 0 Å². The van der Waals surface area contributed by atoms with Gasteiger partial charge in [-0.25, -0.2) is 0 Å². The molecule has 2 N–H and O–H groups in total. The summed E-state index contributed by atoms with van der Waals surface area (Å²) in [4.78, 5) is 38.2. The van der Waals surface area contributed by atoms with Gasteiger partial charge in [-0.3, -0.25) is 14.4 Å². The Bertz CT molecular complexity index is 736. The van der Waals surface area contributed by atoms with Crippen LogP contribution in [-0.2, 0) is 14.4 Å². The number of hydrogen-bond acceptors (Lipinski definition) is 5. The zero-order valence-electron chi connectivity index (χ0n) is 16.9. The maximum Gasteiger partial charge on any atom is 0.190 e. The molecular formula is C22H31BrO5. The van der Waals surface area contributed by atoms with E-state index in [9.17, 15) is 24.6 Å². The molecule has 0 aromatic heterocycles. The van der Waals surface area contributed by atoms with Crippen molar-refractivity contribution >= 4 is 33.3 Å². The van der Waals surface area contributed by atoms with Crippen molar-refractivity contribution in [2.45, 2.75) is 69.7 Å². The molecule has 4 aliphatic carbocycles. The number of aliphatic hydroxyl groups excluding tert-OH is 1. The van der Waals surface area contributed by atoms with Crippen LogP contribution in [0, 0.1) is 40.4 Å². The van der Waals surface area contributed by atoms with Crippen molar-refractivity contribution in [3.05, 3.63) is 0 Å². The van der Waals surface area contributed by atoms with Gasteiger partial charge in [-0.05, 0) is 54.8 Å². The van der Waals surface area contributed by atoms with E-state index in [2.05, 4.69) is 22.9 Å². The minimum atomic E-state index is -1.65. The first-order valence-corrected chi connectivity index (χ1v) is 11.5. The third-order valence-electron chi connectivity index (χ3n) is 9.35. The van der Waals surface area contributed by atoms with Gasteiger partial charge in [-0.15, -0.1) is 0 Å². The van der Waals surface area contributed by atoms with Crippen LogP contribution in [0.15, 0.2) is 0 Å². The van der Waals surface area contributed by atoms with E-state index in [1.54, 1.807) is 0 Å². The van der Waals surface area contributed by atoms with Crippen molar-refractivity contribution in [3.63, 3.8) is 0 Å². The number of aliphatic hydroxyl groups is 2. The van der Waals surface area contributed by atoms with E-state index < -0.39 is 23.4 Å². The van der Waals surface area contributed by atoms with Gasteiger partial charge in [-0.1, -0.05) is 36.7 Å². The van der Waals surface area contributed by atoms with Gasteiger partial charge < -0.3 is 10.2 Å². The molecule has 0 spiro atoms. The predicted octanol–water partition coefficient (Wildman–Crippen LogP) is 2.69. The lowest BCUT2D eigenvalue weighted by atomic mass is 9.44. The molecule has 4 aliphatic rings. The Balaban J connectivity index is 1.75. The van der Waals surface area contributed by atoms with Crippen molar-refractivity contribution in [2.75, 3.05) is 6.61 Å². The van der Waals surface area contributed by atoms with E-state index in [1.807, 2.05) is 13.8 Å². The van der Waals surface area contributed by atoms with Gasteiger partial charge in [0.2, 0.25) is 0 Å². The maximum atomic E-state index is 13.5. The summed E-state index contributed by atoms with van der Waals surface area (Å²) >= 11 is 3.62. The molecular weight excluding hydrogens is 424 g/mol. The SMILES string of the molecule is CC1C[C@H]2[C@@H]3CCC4C(Br)C(=O)CC[C@]4(C)[C@H]3C(=O)C[C@]2(C)[C@@]1(O)C(=O)CO. The molecule has 4 fully saturated rings. The average molecular weight is 455 g/mol. The van der Waals surface area contributed by atoms with E-state index in [1.165, 1.54) is 0 Å². The van der Waals surface area contributed by atoms with Gasteiger partial charge in [0.1, 0.15) is 23.8 Å². The molecule has 3 unspecified atom stereocenters. The summed E-state index contributed by atoms with van der Waals surface area (Å²) in [6.45, 7) is 5.24. The molecule has 0 amide bonds. The van der Waals surface area contributed by atoms with Crippen molar-refractivity contribution < 1.29 is 24.6 Å². The van der Waals surface area contributed by atoms with E-state index in [0.29, 0.717) is 12.8 Å². The quantitative estimate of drug-likeness (QED) is 0.625. The van der Waals surface area contributed by atoms with E-state index >= 15 is 0 Å². The normalized spacial score (nSPS) is 53.4. The second-order valence-corrected chi connectivity index (χ2v) is 11.3. The molecule has 156 valence electrons. The maximum absolute atomic E-state index is 13.5. The highest BCUT2D eigenvalue weighted by Crippen LogP contribution is 2.68. The summed E-state index contributed by atoms with van der Waals surface area (Å²) in [5.41, 5.74) is -2.69. The minimum absolute atomic E-state index is 0.0786. The van der Waals surface area contributed by atoms with Crippen molar-refractivity contribution in [1.29, 1.82) is 0 Å². The molecule has 4 rings (SSSR count). The first-order valence-electron chi connectivity index (χ1n) is 10.6. The largest absolute Gasteiger partial charge is 0.388 e. The zero-order chi connectivity index (χ0) is 20.6. The Hall–Kier alpha value is -0.590. The number of fused-ring (bicyclic) bond motifs is 5. The molecule has 0 aliphatic heterocycles. The smallest absolute Gasteiger partial charge is 0.190 e. The number of alkyl halides is 1. The van der Waals surface area contributed by atoms with E-state index in [4.69, 9.17) is 0 Å². The number of rotatable bonds is 2. The third-order valence-corrected chi connectivity index (χ3v) is 10.5. The molecule has 0 aromatic rings. The first kappa shape index (κ1) is 20.7. The molecule has 4 saturated carbocycles. The van der Waals surface area contributed by atoms with Crippen LogP contribution in [0.2, 0.25) is 0 Å². The fraction of sp³-hybridized carbons (Fsp3) is 0.864. The number of carbonyl (C=O) groups is 3. The first-order chi connectivity index (χ1) is 13.0. The van der Waals surface area contributed by atoms with E-state index in [0.717, 1.165) is 19.3 Å². The van der Waals surface area contributed by atoms with Crippen LogP contribution in [0.5, 0.6) is 0 Å². The summed E-state index contributed by atoms with van der Waals surface area (Å²) in [5, 5.41) is 20.9. The molecule has 28 heavy (non-hydrogen) atoms. The number of Topliss-reactive ketones (excluding diaryl/α,β-unsaturated/α-hetero) is 3. The fourth-order valence-electron chi connectivity index (χ4n) is 7.96. The highest BCUT2D eigenvalue weighted by molar-refractivity contribution is 9.10. The third kappa shape index (κ3) is 2.34. The molecule has 0 radical (unpaired) electrons. The summed E-state index contributed by atoms with van der Waals surface area (Å²) in [6, 6.07) is 0. The van der Waals surface area contributed by atoms with Gasteiger partial charge in [0.05, 0.1) is 4.83 Å². The van der Waals surface area contributed by atoms with Crippen molar-refractivity contribution in [1.82, 2.24) is 0 Å². The second-order valence-electron chi connectivity index (χ2n) is 10.4. The van der Waals surface area contributed by atoms with Crippen LogP contribution in [0.3, 0.4) is 0 Å². The average Bonchev–Trinajstić information content (AvgIpc) is 2.85. The predicted molar refractivity (Wildman–Crippen MR) is 107 cm³/mol. The van der Waals surface area contributed by atoms with Gasteiger partial charge in [0, 0.05) is 24.2 Å². The molecule has 0 heterocycles. The summed E-state index contributed by atoms with van der Waals surface area (Å²) < 4.78 is 0. The second kappa shape index (κ2) is 6.45. The minimum Gasteiger partial charge on any atom is -0.388 e. The molecule has 5 nitrogen and oxygen atoms in total. The van der Waals surface area contributed by atoms with E-state index in [-0.39, 0.29) is 57.8 Å². The standard InChI is InChI=1S/C22H31BrO5/c1-11-8-14-12-4-5-13-19(23)15(25)6-7-20(13,2)18(12)16(26)9-21(14,3)22(11,28)17(27)10-24/h11-14,18-19,24,28H,4-10H2,1-3H3/t11?,12-,13?,14-,18+,19?,20-,21-,22-/m0/s1. The van der Waals surface area contributed by atoms with Crippen LogP contribution < -0.4 is 0 Å². The summed E-state index contributed by atoms with van der Waals surface area (Å²) in [5.74, 6) is -0.208. The van der Waals surface area contributed by atoms with Crippen LogP contribution in [-0.4, -0.2) is 44.6 Å². The van der Waals surface area contributed by atoms with Gasteiger partial charge in [0.25, 0.3) is 0 Å². The number of hydrogen-bond donors (Lipinski definition) is 2. The topological polar surface area (TPSA) is 91.7 Å². The molecule has 0 saturated heterocycles. The lowest BCUT2D eigenvalue weighted by Crippen LogP contribution is -2.63. The Labute approximate surface area is 174 Å². The van der Waals surface area contributed by atoms with Crippen LogP contribution in [0.25, 0.3) is 0 Å².